The van der Waals surface area contributed by atoms with Crippen LogP contribution >= 0.6 is 0 Å². The van der Waals surface area contributed by atoms with Crippen LogP contribution in [0.4, 0.5) is 23.1 Å². The van der Waals surface area contributed by atoms with Crippen molar-refractivity contribution in [1.82, 2.24) is 28.8 Å². The Balaban J connectivity index is 1.23. The third kappa shape index (κ3) is 4.94. The van der Waals surface area contributed by atoms with Crippen LogP contribution in [0.15, 0.2) is 18.3 Å². The topological polar surface area (TPSA) is 159 Å². The quantitative estimate of drug-likeness (QED) is 0.438. The largest absolute Gasteiger partial charge is 0.369 e. The fourth-order valence-corrected chi connectivity index (χ4v) is 6.00. The van der Waals surface area contributed by atoms with Crippen molar-refractivity contribution in [3.63, 3.8) is 0 Å². The molecular formula is C25H29N11O2S. The van der Waals surface area contributed by atoms with E-state index in [1.807, 2.05) is 13.0 Å². The van der Waals surface area contributed by atoms with Crippen LogP contribution in [0.2, 0.25) is 0 Å². The summed E-state index contributed by atoms with van der Waals surface area (Å²) in [6.45, 7) is 6.25. The summed E-state index contributed by atoms with van der Waals surface area (Å²) in [5, 5.41) is 30.5. The first-order valence-electron chi connectivity index (χ1n) is 12.9. The van der Waals surface area contributed by atoms with Gasteiger partial charge < -0.3 is 15.5 Å². The molecule has 2 aromatic heterocycles. The number of benzene rings is 1. The molecule has 6 rings (SSSR count). The summed E-state index contributed by atoms with van der Waals surface area (Å²) in [5.41, 5.74) is 3.95. The second-order valence-corrected chi connectivity index (χ2v) is 12.3. The number of aromatic nitrogens is 4. The maximum atomic E-state index is 11.7. The second kappa shape index (κ2) is 9.64. The zero-order valence-electron chi connectivity index (χ0n) is 21.8. The summed E-state index contributed by atoms with van der Waals surface area (Å²) in [5.74, 6) is 0.863. The summed E-state index contributed by atoms with van der Waals surface area (Å²) >= 11 is 0. The van der Waals surface area contributed by atoms with E-state index >= 15 is 0 Å². The minimum Gasteiger partial charge on any atom is -0.369 e. The molecule has 0 spiro atoms. The normalized spacial score (nSPS) is 18.9. The predicted octanol–water partition coefficient (Wildman–Crippen LogP) is 1.26. The first-order chi connectivity index (χ1) is 18.7. The first-order valence-corrected chi connectivity index (χ1v) is 14.8. The molecule has 2 N–H and O–H groups in total. The Bertz CT molecular complexity index is 1620. The number of rotatable bonds is 7. The number of piperazine rings is 1. The fraction of sp³-hybridized carbons (Fsp3) is 0.480. The molecule has 4 heterocycles. The van der Waals surface area contributed by atoms with Gasteiger partial charge in [0.25, 0.3) is 0 Å². The van der Waals surface area contributed by atoms with Gasteiger partial charge in [-0.2, -0.15) is 24.3 Å². The molecule has 3 fully saturated rings. The third-order valence-corrected chi connectivity index (χ3v) is 8.86. The van der Waals surface area contributed by atoms with E-state index in [2.05, 4.69) is 47.6 Å². The van der Waals surface area contributed by atoms with E-state index in [1.54, 1.807) is 6.07 Å². The Morgan fingerprint density at radius 2 is 1.82 bits per heavy atom. The highest BCUT2D eigenvalue weighted by molar-refractivity contribution is 7.88. The smallest absolute Gasteiger partial charge is 0.247 e. The van der Waals surface area contributed by atoms with E-state index in [0.717, 1.165) is 50.3 Å². The van der Waals surface area contributed by atoms with Crippen LogP contribution in [-0.2, 0) is 10.0 Å². The van der Waals surface area contributed by atoms with Crippen LogP contribution in [0.25, 0.3) is 5.65 Å². The summed E-state index contributed by atoms with van der Waals surface area (Å²) in [6.07, 6.45) is 4.85. The number of imidazole rings is 1. The van der Waals surface area contributed by atoms with Gasteiger partial charge in [-0.3, -0.25) is 4.90 Å². The molecule has 202 valence electrons. The van der Waals surface area contributed by atoms with Gasteiger partial charge in [-0.25, -0.2) is 13.4 Å². The highest BCUT2D eigenvalue weighted by Gasteiger charge is 2.38. The lowest BCUT2D eigenvalue weighted by Crippen LogP contribution is -2.64. The molecule has 3 aromatic rings. The average Bonchev–Trinajstić information content (AvgIpc) is 3.60. The zero-order valence-corrected chi connectivity index (χ0v) is 22.6. The minimum absolute atomic E-state index is 0.248. The number of hydrogen-bond donors (Lipinski definition) is 2. The molecule has 3 aliphatic rings. The van der Waals surface area contributed by atoms with Crippen molar-refractivity contribution in [2.75, 3.05) is 61.1 Å². The first kappa shape index (κ1) is 25.3. The standard InChI is InChI=1S/C25H29N11O2S/c1-16-21(30-25-31-23(29-18-3-4-18)24-28-13-19(12-27)36(24)32-25)9-17(11-26)10-22(16)34-7-5-33(6-8-34)20-14-35(15-20)39(2,37)38/h9-10,13,18,20H,3-8,14-15H2,1-2H3,(H2,29,30,31,32). The van der Waals surface area contributed by atoms with Crippen molar-refractivity contribution in [2.45, 2.75) is 31.8 Å². The molecule has 0 amide bonds. The van der Waals surface area contributed by atoms with Crippen LogP contribution in [0.3, 0.4) is 0 Å². The van der Waals surface area contributed by atoms with Crippen LogP contribution in [-0.4, -0.2) is 94.8 Å². The lowest BCUT2D eigenvalue weighted by molar-refractivity contribution is 0.0833. The Morgan fingerprint density at radius 3 is 2.46 bits per heavy atom. The fourth-order valence-electron chi connectivity index (χ4n) is 5.12. The van der Waals surface area contributed by atoms with Crippen LogP contribution in [0.5, 0.6) is 0 Å². The molecule has 2 saturated heterocycles. The van der Waals surface area contributed by atoms with Gasteiger partial charge in [0.15, 0.2) is 17.2 Å². The van der Waals surface area contributed by atoms with Crippen molar-refractivity contribution >= 4 is 38.8 Å². The molecule has 1 aliphatic carbocycles. The lowest BCUT2D eigenvalue weighted by atomic mass is 10.0. The van der Waals surface area contributed by atoms with Gasteiger partial charge in [-0.15, -0.1) is 5.10 Å². The number of nitrogens with zero attached hydrogens (tertiary/aromatic N) is 9. The van der Waals surface area contributed by atoms with E-state index in [9.17, 15) is 18.9 Å². The summed E-state index contributed by atoms with van der Waals surface area (Å²) in [7, 11) is -3.13. The number of nitriles is 2. The number of hydrogen-bond acceptors (Lipinski definition) is 11. The van der Waals surface area contributed by atoms with Crippen molar-refractivity contribution in [3.05, 3.63) is 35.2 Å². The SMILES string of the molecule is Cc1c(Nc2nc(NC3CC3)c3ncc(C#N)n3n2)cc(C#N)cc1N1CCN(C2CN(S(C)(=O)=O)C2)CC1. The zero-order chi connectivity index (χ0) is 27.3. The highest BCUT2D eigenvalue weighted by Crippen LogP contribution is 2.33. The van der Waals surface area contributed by atoms with Crippen molar-refractivity contribution in [3.8, 4) is 12.1 Å². The second-order valence-electron chi connectivity index (χ2n) is 10.4. The minimum atomic E-state index is -3.13. The van der Waals surface area contributed by atoms with Gasteiger partial charge in [-0.1, -0.05) is 0 Å². The average molecular weight is 548 g/mol. The molecule has 0 atom stereocenters. The molecule has 0 bridgehead atoms. The van der Waals surface area contributed by atoms with E-state index in [-0.39, 0.29) is 6.04 Å². The van der Waals surface area contributed by atoms with Gasteiger partial charge in [0.2, 0.25) is 16.0 Å². The molecule has 13 nitrogen and oxygen atoms in total. The van der Waals surface area contributed by atoms with E-state index in [1.165, 1.54) is 21.3 Å². The predicted molar refractivity (Wildman–Crippen MR) is 145 cm³/mol. The molecule has 0 radical (unpaired) electrons. The maximum Gasteiger partial charge on any atom is 0.247 e. The van der Waals surface area contributed by atoms with Gasteiger partial charge in [0.1, 0.15) is 6.07 Å². The highest BCUT2D eigenvalue weighted by atomic mass is 32.2. The lowest BCUT2D eigenvalue weighted by Gasteiger charge is -2.47. The molecular weight excluding hydrogens is 518 g/mol. The van der Waals surface area contributed by atoms with E-state index in [0.29, 0.717) is 53.5 Å². The Labute approximate surface area is 226 Å². The van der Waals surface area contributed by atoms with Gasteiger partial charge in [0, 0.05) is 62.7 Å². The van der Waals surface area contributed by atoms with Gasteiger partial charge >= 0.3 is 0 Å². The number of nitrogens with one attached hydrogen (secondary N) is 2. The monoisotopic (exact) mass is 547 g/mol. The molecule has 1 saturated carbocycles. The summed E-state index contributed by atoms with van der Waals surface area (Å²) in [4.78, 5) is 13.6. The van der Waals surface area contributed by atoms with Crippen LogP contribution in [0, 0.1) is 29.6 Å². The Hall–Kier alpha value is -3.98. The van der Waals surface area contributed by atoms with Crippen molar-refractivity contribution in [2.24, 2.45) is 0 Å². The molecule has 1 aromatic carbocycles. The van der Waals surface area contributed by atoms with Crippen molar-refractivity contribution < 1.29 is 8.42 Å². The summed E-state index contributed by atoms with van der Waals surface area (Å²) < 4.78 is 26.4. The van der Waals surface area contributed by atoms with E-state index < -0.39 is 10.0 Å². The van der Waals surface area contributed by atoms with Crippen LogP contribution in [0.1, 0.15) is 29.7 Å². The maximum absolute atomic E-state index is 11.7. The number of sulfonamides is 1. The molecule has 0 unspecified atom stereocenters. The Morgan fingerprint density at radius 1 is 1.08 bits per heavy atom. The molecule has 2 aliphatic heterocycles. The van der Waals surface area contributed by atoms with E-state index in [4.69, 9.17) is 0 Å². The van der Waals surface area contributed by atoms with Crippen LogP contribution < -0.4 is 15.5 Å². The summed E-state index contributed by atoms with van der Waals surface area (Å²) in [6, 6.07) is 8.65. The number of anilines is 4. The third-order valence-electron chi connectivity index (χ3n) is 7.62. The van der Waals surface area contributed by atoms with Crippen molar-refractivity contribution in [1.29, 1.82) is 10.5 Å². The number of fused-ring (bicyclic) bond motifs is 1. The molecule has 14 heteroatoms. The molecule has 39 heavy (non-hydrogen) atoms. The Kier molecular flexibility index (Phi) is 6.26. The van der Waals surface area contributed by atoms with Gasteiger partial charge in [0.05, 0.1) is 24.1 Å². The van der Waals surface area contributed by atoms with Gasteiger partial charge in [-0.05, 0) is 37.5 Å².